The number of nitrogens with two attached hydrogens (primary N) is 1. The van der Waals surface area contributed by atoms with Crippen LogP contribution < -0.4 is 5.14 Å². The molecule has 1 heterocycles. The highest BCUT2D eigenvalue weighted by atomic mass is 32.2. The van der Waals surface area contributed by atoms with Gasteiger partial charge in [-0.3, -0.25) is 9.78 Å². The third-order valence-corrected chi connectivity index (χ3v) is 4.53. The minimum Gasteiger partial charge on any atom is -0.483 e. The zero-order chi connectivity index (χ0) is 15.5. The van der Waals surface area contributed by atoms with E-state index in [0.717, 1.165) is 42.2 Å². The number of hydrogen-bond acceptors (Lipinski definition) is 4. The van der Waals surface area contributed by atoms with Crippen molar-refractivity contribution in [3.8, 4) is 0 Å². The van der Waals surface area contributed by atoms with E-state index < -0.39 is 10.0 Å². The lowest BCUT2D eigenvalue weighted by Crippen LogP contribution is -2.18. The van der Waals surface area contributed by atoms with Crippen molar-refractivity contribution in [1.29, 1.82) is 0 Å². The summed E-state index contributed by atoms with van der Waals surface area (Å²) in [7, 11) is -3.70. The summed E-state index contributed by atoms with van der Waals surface area (Å²) in [4.78, 5) is 12.7. The van der Waals surface area contributed by atoms with Crippen LogP contribution >= 0.6 is 0 Å². The molecule has 112 valence electrons. The number of primary sulfonamides is 1. The number of pyridine rings is 1. The van der Waals surface area contributed by atoms with Gasteiger partial charge in [-0.1, -0.05) is 0 Å². The van der Waals surface area contributed by atoms with E-state index in [4.69, 9.17) is 15.0 Å². The summed E-state index contributed by atoms with van der Waals surface area (Å²) in [6.45, 7) is -0.250. The molecular formula is C14H16N2O4S. The van der Waals surface area contributed by atoms with Crippen LogP contribution in [-0.2, 0) is 27.7 Å². The molecule has 0 saturated heterocycles. The Kier molecular flexibility index (Phi) is 4.54. The maximum Gasteiger partial charge on any atom is 0.290 e. The van der Waals surface area contributed by atoms with Crippen LogP contribution in [0.1, 0.15) is 24.0 Å². The summed E-state index contributed by atoms with van der Waals surface area (Å²) in [6, 6.07) is 3.77. The normalized spacial score (nSPS) is 14.0. The number of benzene rings is 1. The highest BCUT2D eigenvalue weighted by Gasteiger charge is 2.23. The number of hydrogen-bond donors (Lipinski definition) is 2. The van der Waals surface area contributed by atoms with E-state index in [1.54, 1.807) is 18.5 Å². The van der Waals surface area contributed by atoms with Crippen molar-refractivity contribution in [2.45, 2.75) is 30.6 Å². The van der Waals surface area contributed by atoms with Crippen molar-refractivity contribution in [3.05, 3.63) is 35.7 Å². The first-order valence-corrected chi connectivity index (χ1v) is 8.02. The van der Waals surface area contributed by atoms with Gasteiger partial charge >= 0.3 is 0 Å². The third-order valence-electron chi connectivity index (χ3n) is 3.50. The van der Waals surface area contributed by atoms with Crippen LogP contribution in [0.5, 0.6) is 0 Å². The Balaban J connectivity index is 0.000000497. The lowest BCUT2D eigenvalue weighted by molar-refractivity contribution is -0.122. The Bertz CT molecular complexity index is 772. The number of nitrogens with zero attached hydrogens (tertiary/aromatic N) is 1. The number of rotatable bonds is 1. The van der Waals surface area contributed by atoms with Crippen molar-refractivity contribution in [2.24, 2.45) is 5.14 Å². The Morgan fingerprint density at radius 3 is 2.62 bits per heavy atom. The molecule has 0 atom stereocenters. The second-order valence-electron chi connectivity index (χ2n) is 4.80. The fourth-order valence-electron chi connectivity index (χ4n) is 2.75. The molecule has 3 N–H and O–H groups in total. The number of fused-ring (bicyclic) bond motifs is 2. The maximum atomic E-state index is 11.9. The van der Waals surface area contributed by atoms with E-state index in [2.05, 4.69) is 4.98 Å². The van der Waals surface area contributed by atoms with Crippen molar-refractivity contribution >= 4 is 27.3 Å². The van der Waals surface area contributed by atoms with Crippen LogP contribution in [0.4, 0.5) is 0 Å². The van der Waals surface area contributed by atoms with Crippen molar-refractivity contribution < 1.29 is 18.3 Å². The van der Waals surface area contributed by atoms with E-state index in [1.807, 2.05) is 6.07 Å². The second-order valence-corrected chi connectivity index (χ2v) is 6.30. The first kappa shape index (κ1) is 15.4. The molecule has 0 fully saturated rings. The van der Waals surface area contributed by atoms with Gasteiger partial charge in [0.2, 0.25) is 10.0 Å². The zero-order valence-electron chi connectivity index (χ0n) is 11.3. The molecule has 21 heavy (non-hydrogen) atoms. The van der Waals surface area contributed by atoms with Gasteiger partial charge in [-0.15, -0.1) is 0 Å². The predicted molar refractivity (Wildman–Crippen MR) is 78.5 cm³/mol. The molecule has 1 aromatic carbocycles. The average molecular weight is 308 g/mol. The number of sulfonamides is 1. The Labute approximate surface area is 122 Å². The Morgan fingerprint density at radius 1 is 1.29 bits per heavy atom. The molecule has 0 radical (unpaired) electrons. The number of aryl methyl sites for hydroxylation is 1. The molecule has 7 heteroatoms. The topological polar surface area (TPSA) is 110 Å². The zero-order valence-corrected chi connectivity index (χ0v) is 12.1. The lowest BCUT2D eigenvalue weighted by Gasteiger charge is -2.20. The number of carbonyl (C=O) groups is 1. The van der Waals surface area contributed by atoms with E-state index in [1.165, 1.54) is 0 Å². The fraction of sp³-hybridized carbons (Fsp3) is 0.286. The minimum atomic E-state index is -3.70. The molecule has 1 aliphatic rings. The first-order chi connectivity index (χ1) is 9.99. The van der Waals surface area contributed by atoms with E-state index in [0.29, 0.717) is 10.3 Å². The summed E-state index contributed by atoms with van der Waals surface area (Å²) in [5.74, 6) is 0. The van der Waals surface area contributed by atoms with Gasteiger partial charge in [-0.25, -0.2) is 13.6 Å². The SMILES string of the molecule is NS(=O)(=O)c1c2c(cc3cnccc13)CCCC2.O=CO. The van der Waals surface area contributed by atoms with Gasteiger partial charge in [0, 0.05) is 23.2 Å². The van der Waals surface area contributed by atoms with E-state index in [-0.39, 0.29) is 6.47 Å². The molecule has 6 nitrogen and oxygen atoms in total. The summed E-state index contributed by atoms with van der Waals surface area (Å²) < 4.78 is 23.8. The highest BCUT2D eigenvalue weighted by molar-refractivity contribution is 7.89. The molecular weight excluding hydrogens is 292 g/mol. The fourth-order valence-corrected chi connectivity index (χ4v) is 3.82. The summed E-state index contributed by atoms with van der Waals surface area (Å²) in [5, 5.41) is 13.8. The van der Waals surface area contributed by atoms with E-state index in [9.17, 15) is 8.42 Å². The molecule has 0 spiro atoms. The number of aromatic nitrogens is 1. The predicted octanol–water partition coefficient (Wildman–Crippen LogP) is 1.46. The van der Waals surface area contributed by atoms with Crippen LogP contribution in [0.15, 0.2) is 29.4 Å². The van der Waals surface area contributed by atoms with Gasteiger partial charge in [0.15, 0.2) is 0 Å². The monoisotopic (exact) mass is 308 g/mol. The van der Waals surface area contributed by atoms with Crippen molar-refractivity contribution in [2.75, 3.05) is 0 Å². The molecule has 0 bridgehead atoms. The molecule has 0 aliphatic heterocycles. The minimum absolute atomic E-state index is 0.250. The molecule has 0 amide bonds. The maximum absolute atomic E-state index is 11.9. The first-order valence-electron chi connectivity index (χ1n) is 6.48. The molecule has 0 unspecified atom stereocenters. The molecule has 3 rings (SSSR count). The Morgan fingerprint density at radius 2 is 1.95 bits per heavy atom. The van der Waals surface area contributed by atoms with Gasteiger partial charge < -0.3 is 5.11 Å². The van der Waals surface area contributed by atoms with Crippen molar-refractivity contribution in [3.63, 3.8) is 0 Å². The summed E-state index contributed by atoms with van der Waals surface area (Å²) in [5.41, 5.74) is 2.01. The van der Waals surface area contributed by atoms with Crippen LogP contribution in [0.2, 0.25) is 0 Å². The molecule has 1 aliphatic carbocycles. The van der Waals surface area contributed by atoms with Gasteiger partial charge in [0.1, 0.15) is 0 Å². The van der Waals surface area contributed by atoms with Gasteiger partial charge in [-0.05, 0) is 48.9 Å². The van der Waals surface area contributed by atoms with Crippen molar-refractivity contribution in [1.82, 2.24) is 4.98 Å². The van der Waals surface area contributed by atoms with Gasteiger partial charge in [-0.2, -0.15) is 0 Å². The molecule has 1 aromatic heterocycles. The largest absolute Gasteiger partial charge is 0.483 e. The number of carboxylic acid groups (broad SMARTS) is 1. The summed E-state index contributed by atoms with van der Waals surface area (Å²) >= 11 is 0. The average Bonchev–Trinajstić information content (AvgIpc) is 2.44. The smallest absolute Gasteiger partial charge is 0.290 e. The molecule has 0 saturated carbocycles. The van der Waals surface area contributed by atoms with E-state index >= 15 is 0 Å². The van der Waals surface area contributed by atoms with Gasteiger partial charge in [0.25, 0.3) is 6.47 Å². The molecule has 2 aromatic rings. The highest BCUT2D eigenvalue weighted by Crippen LogP contribution is 2.33. The van der Waals surface area contributed by atoms with Crippen LogP contribution in [-0.4, -0.2) is 25.0 Å². The van der Waals surface area contributed by atoms with Crippen LogP contribution in [0.3, 0.4) is 0 Å². The van der Waals surface area contributed by atoms with Gasteiger partial charge in [0.05, 0.1) is 4.90 Å². The standard InChI is InChI=1S/C13H14N2O2S.CH2O2/c14-18(16,17)13-11-4-2-1-3-9(11)7-10-8-15-6-5-12(10)13;2-1-3/h5-8H,1-4H2,(H2,14,16,17);1H,(H,2,3). The second kappa shape index (κ2) is 6.19. The lowest BCUT2D eigenvalue weighted by atomic mass is 9.89. The quantitative estimate of drug-likeness (QED) is 0.775. The van der Waals surface area contributed by atoms with Crippen LogP contribution in [0.25, 0.3) is 10.8 Å². The van der Waals surface area contributed by atoms with Crippen LogP contribution in [0, 0.1) is 0 Å². The summed E-state index contributed by atoms with van der Waals surface area (Å²) in [6.07, 6.45) is 7.13. The Hall–Kier alpha value is -1.99. The third kappa shape index (κ3) is 3.20.